The van der Waals surface area contributed by atoms with Gasteiger partial charge in [0.25, 0.3) is 0 Å². The Morgan fingerprint density at radius 3 is 2.73 bits per heavy atom. The van der Waals surface area contributed by atoms with Crippen LogP contribution >= 0.6 is 0 Å². The summed E-state index contributed by atoms with van der Waals surface area (Å²) in [4.78, 5) is 32.8. The number of rotatable bonds is 6. The van der Waals surface area contributed by atoms with E-state index in [0.29, 0.717) is 53.5 Å². The van der Waals surface area contributed by atoms with E-state index >= 15 is 8.78 Å². The van der Waals surface area contributed by atoms with Crippen LogP contribution in [-0.2, 0) is 4.74 Å². The monoisotopic (exact) mass is 700 g/mol. The highest BCUT2D eigenvalue weighted by molar-refractivity contribution is 6.02. The maximum atomic E-state index is 17.0. The molecule has 0 spiro atoms. The van der Waals surface area contributed by atoms with Gasteiger partial charge < -0.3 is 19.3 Å². The molecule has 2 aromatic heterocycles. The van der Waals surface area contributed by atoms with Crippen LogP contribution < -0.4 is 9.64 Å². The molecule has 0 aliphatic carbocycles. The molecule has 9 nitrogen and oxygen atoms in total. The van der Waals surface area contributed by atoms with Gasteiger partial charge in [0.05, 0.1) is 28.6 Å². The molecule has 3 aliphatic rings. The van der Waals surface area contributed by atoms with Crippen LogP contribution in [0.4, 0.5) is 23.8 Å². The first-order valence-corrected chi connectivity index (χ1v) is 17.6. The van der Waals surface area contributed by atoms with Crippen LogP contribution in [-0.4, -0.2) is 93.5 Å². The molecule has 0 unspecified atom stereocenters. The number of ether oxygens (including phenoxy) is 2. The summed E-state index contributed by atoms with van der Waals surface area (Å²) in [5.41, 5.74) is -0.618. The van der Waals surface area contributed by atoms with Crippen molar-refractivity contribution in [2.24, 2.45) is 0 Å². The number of hydrogen-bond acceptors (Lipinski definition) is 8. The van der Waals surface area contributed by atoms with Crippen molar-refractivity contribution >= 4 is 33.6 Å². The van der Waals surface area contributed by atoms with E-state index in [1.807, 2.05) is 45.7 Å². The van der Waals surface area contributed by atoms with Gasteiger partial charge in [0.15, 0.2) is 5.82 Å². The van der Waals surface area contributed by atoms with Crippen LogP contribution in [0.1, 0.15) is 65.9 Å². The van der Waals surface area contributed by atoms with Crippen molar-refractivity contribution in [3.63, 3.8) is 0 Å². The van der Waals surface area contributed by atoms with Gasteiger partial charge in [-0.1, -0.05) is 30.2 Å². The minimum atomic E-state index is -0.941. The van der Waals surface area contributed by atoms with Crippen molar-refractivity contribution in [3.05, 3.63) is 53.7 Å². The average Bonchev–Trinajstić information content (AvgIpc) is 3.75. The quantitative estimate of drug-likeness (QED) is 0.194. The summed E-state index contributed by atoms with van der Waals surface area (Å²) in [5, 5.41) is 1.48. The van der Waals surface area contributed by atoms with Gasteiger partial charge >= 0.3 is 12.1 Å². The number of likely N-dealkylation sites (tertiary alicyclic amines) is 1. The third kappa shape index (κ3) is 6.30. The molecule has 5 heterocycles. The summed E-state index contributed by atoms with van der Waals surface area (Å²) >= 11 is 0. The summed E-state index contributed by atoms with van der Waals surface area (Å²) in [6.45, 7) is 10.9. The van der Waals surface area contributed by atoms with E-state index in [1.54, 1.807) is 30.0 Å². The fraction of sp³-hybridized carbons (Fsp3) is 0.487. The molecule has 0 bridgehead atoms. The molecule has 4 atom stereocenters. The van der Waals surface area contributed by atoms with Gasteiger partial charge in [-0.3, -0.25) is 9.88 Å². The zero-order valence-corrected chi connectivity index (χ0v) is 29.9. The second-order valence-electron chi connectivity index (χ2n) is 15.0. The lowest BCUT2D eigenvalue weighted by Gasteiger charge is -2.33. The number of carbonyl (C=O) groups is 1. The van der Waals surface area contributed by atoms with E-state index in [1.165, 1.54) is 12.3 Å². The number of benzene rings is 2. The number of alkyl halides is 1. The van der Waals surface area contributed by atoms with Crippen molar-refractivity contribution in [3.8, 4) is 29.1 Å². The van der Waals surface area contributed by atoms with E-state index in [4.69, 9.17) is 14.5 Å². The number of carbonyl (C=O) groups excluding carboxylic acids is 1. The first-order chi connectivity index (χ1) is 24.3. The Kier molecular flexibility index (Phi) is 8.98. The number of likely N-dealkylation sites (N-methyl/N-ethyl adjacent to an activating group) is 1. The highest BCUT2D eigenvalue weighted by Gasteiger charge is 2.49. The first-order valence-electron chi connectivity index (χ1n) is 17.6. The zero-order valence-electron chi connectivity index (χ0n) is 29.9. The summed E-state index contributed by atoms with van der Waals surface area (Å²) < 4.78 is 58.7. The third-order valence-corrected chi connectivity index (χ3v) is 10.5. The molecule has 0 radical (unpaired) electrons. The molecular weight excluding hydrogens is 657 g/mol. The zero-order chi connectivity index (χ0) is 36.2. The van der Waals surface area contributed by atoms with Crippen molar-refractivity contribution in [1.29, 1.82) is 0 Å². The van der Waals surface area contributed by atoms with Crippen LogP contribution in [0.5, 0.6) is 6.01 Å². The topological polar surface area (TPSA) is 83.9 Å². The van der Waals surface area contributed by atoms with Crippen molar-refractivity contribution in [1.82, 2.24) is 24.8 Å². The molecule has 1 amide bonds. The van der Waals surface area contributed by atoms with Crippen LogP contribution in [0, 0.1) is 23.5 Å². The lowest BCUT2D eigenvalue weighted by atomic mass is 9.95. The average molecular weight is 701 g/mol. The number of halogens is 3. The van der Waals surface area contributed by atoms with Crippen molar-refractivity contribution in [2.45, 2.75) is 89.7 Å². The fourth-order valence-electron chi connectivity index (χ4n) is 8.17. The number of anilines is 1. The molecule has 51 heavy (non-hydrogen) atoms. The van der Waals surface area contributed by atoms with Gasteiger partial charge in [-0.15, -0.1) is 5.92 Å². The second-order valence-corrected chi connectivity index (χ2v) is 15.0. The molecule has 2 aromatic carbocycles. The van der Waals surface area contributed by atoms with Gasteiger partial charge in [0.1, 0.15) is 41.2 Å². The highest BCUT2D eigenvalue weighted by Crippen LogP contribution is 2.41. The summed E-state index contributed by atoms with van der Waals surface area (Å²) in [5.74, 6) is 4.76. The first kappa shape index (κ1) is 34.8. The number of pyridine rings is 1. The third-order valence-electron chi connectivity index (χ3n) is 10.5. The normalized spacial score (nSPS) is 23.4. The molecule has 7 rings (SSSR count). The number of fused-ring (bicyclic) bond motifs is 3. The Labute approximate surface area is 296 Å². The van der Waals surface area contributed by atoms with E-state index in [0.717, 1.165) is 19.4 Å². The van der Waals surface area contributed by atoms with Crippen LogP contribution in [0.25, 0.3) is 32.9 Å². The molecule has 4 aromatic rings. The minimum Gasteiger partial charge on any atom is -0.461 e. The standard InChI is InChI=1S/C39H43F3N6O3/c1-7-10-26-29(41)14-13-24-11-8-12-27(31(24)26)33-32(42)34-28(20-43-33)35(46(6)30-15-18-48(23(30)2)37(49)51-38(3,4)5)45-36(44-34)50-22-39-16-9-17-47(39)21-25(40)19-39/h8,11-14,20,23,25,30H,9,15-19,21-22H2,1-6H3/t23-,25-,30-,39+/m1/s1. The molecule has 0 saturated carbocycles. The number of amides is 1. The van der Waals surface area contributed by atoms with Crippen molar-refractivity contribution < 1.29 is 27.4 Å². The Morgan fingerprint density at radius 2 is 1.96 bits per heavy atom. The molecule has 0 N–H and O–H groups in total. The lowest BCUT2D eigenvalue weighted by Crippen LogP contribution is -2.45. The number of aromatic nitrogens is 3. The molecule has 12 heteroatoms. The Hall–Kier alpha value is -4.63. The second kappa shape index (κ2) is 13.2. The minimum absolute atomic E-state index is 0.0157. The fourth-order valence-corrected chi connectivity index (χ4v) is 8.17. The van der Waals surface area contributed by atoms with Gasteiger partial charge in [0.2, 0.25) is 0 Å². The van der Waals surface area contributed by atoms with Crippen LogP contribution in [0.2, 0.25) is 0 Å². The number of nitrogens with zero attached hydrogens (tertiary/aromatic N) is 6. The SMILES string of the molecule is CC#Cc1c(F)ccc2cccc(-c3ncc4c(N(C)[C@@H]5CCN(C(=O)OC(C)(C)C)[C@@H]5C)nc(OC[C@@]56CCCN5C[C@H](F)C6)nc4c3F)c12. The Morgan fingerprint density at radius 1 is 1.16 bits per heavy atom. The van der Waals surface area contributed by atoms with Gasteiger partial charge in [-0.05, 0) is 71.9 Å². The van der Waals surface area contributed by atoms with Crippen LogP contribution in [0.15, 0.2) is 36.5 Å². The molecule has 268 valence electrons. The Bertz CT molecular complexity index is 2080. The summed E-state index contributed by atoms with van der Waals surface area (Å²) in [6, 6.07) is 7.76. The number of hydrogen-bond donors (Lipinski definition) is 0. The molecule has 3 saturated heterocycles. The maximum Gasteiger partial charge on any atom is 0.410 e. The van der Waals surface area contributed by atoms with Gasteiger partial charge in [0, 0.05) is 43.7 Å². The van der Waals surface area contributed by atoms with Crippen LogP contribution in [0.3, 0.4) is 0 Å². The highest BCUT2D eigenvalue weighted by atomic mass is 19.1. The van der Waals surface area contributed by atoms with Crippen molar-refractivity contribution in [2.75, 3.05) is 38.2 Å². The summed E-state index contributed by atoms with van der Waals surface area (Å²) in [6.07, 6.45) is 2.89. The maximum absolute atomic E-state index is 17.0. The largest absolute Gasteiger partial charge is 0.461 e. The van der Waals surface area contributed by atoms with E-state index < -0.39 is 35.0 Å². The van der Waals surface area contributed by atoms with Gasteiger partial charge in [-0.2, -0.15) is 9.97 Å². The van der Waals surface area contributed by atoms with E-state index in [2.05, 4.69) is 26.7 Å². The van der Waals surface area contributed by atoms with E-state index in [9.17, 15) is 9.18 Å². The van der Waals surface area contributed by atoms with E-state index in [-0.39, 0.29) is 41.5 Å². The molecule has 3 fully saturated rings. The van der Waals surface area contributed by atoms with Gasteiger partial charge in [-0.25, -0.2) is 18.0 Å². The Balaban J connectivity index is 1.33. The smallest absolute Gasteiger partial charge is 0.410 e. The molecular formula is C39H43F3N6O3. The predicted molar refractivity (Wildman–Crippen MR) is 190 cm³/mol. The molecule has 3 aliphatic heterocycles. The lowest BCUT2D eigenvalue weighted by molar-refractivity contribution is 0.0233. The summed E-state index contributed by atoms with van der Waals surface area (Å²) in [7, 11) is 1.85. The predicted octanol–water partition coefficient (Wildman–Crippen LogP) is 7.28.